The number of aromatic amines is 1. The molecule has 5 nitrogen and oxygen atoms in total. The number of carbonyl (C=O) groups excluding carboxylic acids is 2. The summed E-state index contributed by atoms with van der Waals surface area (Å²) in [6.07, 6.45) is 3.45. The van der Waals surface area contributed by atoms with E-state index in [1.165, 1.54) is 23.1 Å². The van der Waals surface area contributed by atoms with E-state index in [0.717, 1.165) is 5.56 Å². The number of Topliss-reactive ketones (excluding diaryl/α,β-unsaturated/α-hetero) is 1. The van der Waals surface area contributed by atoms with Crippen molar-refractivity contribution in [2.75, 3.05) is 0 Å². The van der Waals surface area contributed by atoms with Crippen LogP contribution in [0.4, 0.5) is 0 Å². The van der Waals surface area contributed by atoms with E-state index >= 15 is 0 Å². The lowest BCUT2D eigenvalue weighted by molar-refractivity contribution is -0.378. The molecule has 1 aliphatic heterocycles. The maximum absolute atomic E-state index is 13.3. The quantitative estimate of drug-likeness (QED) is 0.328. The third-order valence-corrected chi connectivity index (χ3v) is 5.83. The topological polar surface area (TPSA) is 74.6 Å². The lowest BCUT2D eigenvalue weighted by Gasteiger charge is -2.28. The zero-order chi connectivity index (χ0) is 22.1. The van der Waals surface area contributed by atoms with Crippen LogP contribution in [0.1, 0.15) is 22.7 Å². The van der Waals surface area contributed by atoms with Crippen LogP contribution in [0.15, 0.2) is 72.6 Å². The van der Waals surface area contributed by atoms with E-state index in [0.29, 0.717) is 15.6 Å². The number of halogens is 3. The Kier molecular flexibility index (Phi) is 6.01. The van der Waals surface area contributed by atoms with Crippen molar-refractivity contribution in [2.45, 2.75) is 12.6 Å². The number of hydrogen-bond donors (Lipinski definition) is 0. The highest BCUT2D eigenvalue weighted by molar-refractivity contribution is 6.47. The first-order valence-corrected chi connectivity index (χ1v) is 10.4. The summed E-state index contributed by atoms with van der Waals surface area (Å²) in [6.45, 7) is 0.114. The molecule has 4 rings (SSSR count). The predicted molar refractivity (Wildman–Crippen MR) is 116 cm³/mol. The first-order chi connectivity index (χ1) is 14.9. The molecule has 1 aliphatic rings. The Morgan fingerprint density at radius 3 is 2.35 bits per heavy atom. The molecule has 2 heterocycles. The van der Waals surface area contributed by atoms with Gasteiger partial charge in [0.15, 0.2) is 12.4 Å². The van der Waals surface area contributed by atoms with Crippen LogP contribution >= 0.6 is 34.8 Å². The Bertz CT molecular complexity index is 1190. The average Bonchev–Trinajstić information content (AvgIpc) is 2.99. The Labute approximate surface area is 193 Å². The van der Waals surface area contributed by atoms with E-state index in [9.17, 15) is 14.7 Å². The molecule has 0 spiro atoms. The number of nitrogens with zero attached hydrogens (tertiary/aromatic N) is 1. The second-order valence-electron chi connectivity index (χ2n) is 6.99. The molecule has 0 aliphatic carbocycles. The van der Waals surface area contributed by atoms with Gasteiger partial charge in [-0.2, -0.15) is 0 Å². The molecule has 0 saturated carbocycles. The van der Waals surface area contributed by atoms with Crippen molar-refractivity contribution in [1.29, 1.82) is 0 Å². The molecule has 0 bridgehead atoms. The van der Waals surface area contributed by atoms with Gasteiger partial charge in [0.2, 0.25) is 5.78 Å². The van der Waals surface area contributed by atoms with Crippen LogP contribution in [-0.4, -0.2) is 16.6 Å². The average molecular weight is 474 g/mol. The summed E-state index contributed by atoms with van der Waals surface area (Å²) in [4.78, 5) is 30.3. The van der Waals surface area contributed by atoms with E-state index in [4.69, 9.17) is 34.8 Å². The van der Waals surface area contributed by atoms with E-state index < -0.39 is 23.5 Å². The number of benzene rings is 2. The molecular weight excluding hydrogens is 459 g/mol. The summed E-state index contributed by atoms with van der Waals surface area (Å²) in [5.41, 5.74) is 1.31. The number of carbonyl (C=O) groups is 2. The second-order valence-corrected chi connectivity index (χ2v) is 8.27. The zero-order valence-corrected chi connectivity index (χ0v) is 18.2. The van der Waals surface area contributed by atoms with Gasteiger partial charge < -0.3 is 10.0 Å². The monoisotopic (exact) mass is 472 g/mol. The molecular formula is C23H15Cl3N2O3. The number of hydrogen-bond acceptors (Lipinski definition) is 3. The second kappa shape index (κ2) is 8.71. The van der Waals surface area contributed by atoms with Crippen molar-refractivity contribution in [3.8, 4) is 0 Å². The summed E-state index contributed by atoms with van der Waals surface area (Å²) in [6, 6.07) is 13.5. The SMILES string of the molecule is O=C1C(=O)N(Cc2ccc[nH+]c2)C(c2ccc(Cl)cc2Cl)C1=C([O-])c1ccc(Cl)cc1. The van der Waals surface area contributed by atoms with Gasteiger partial charge >= 0.3 is 0 Å². The normalized spacial score (nSPS) is 17.9. The molecule has 1 N–H and O–H groups in total. The van der Waals surface area contributed by atoms with Crippen LogP contribution in [0.25, 0.3) is 5.76 Å². The van der Waals surface area contributed by atoms with E-state index in [-0.39, 0.29) is 22.7 Å². The number of rotatable bonds is 4. The van der Waals surface area contributed by atoms with Crippen molar-refractivity contribution in [2.24, 2.45) is 0 Å². The lowest BCUT2D eigenvalue weighted by Crippen LogP contribution is -2.29. The van der Waals surface area contributed by atoms with Gasteiger partial charge in [-0.1, -0.05) is 58.8 Å². The standard InChI is InChI=1S/C23H15Cl3N2O3/c24-15-5-3-14(4-6-15)21(29)19-20(17-8-7-16(25)10-18(17)26)28(23(31)22(19)30)12-13-2-1-9-27-11-13/h1-11,20,29H,12H2. The molecule has 1 fully saturated rings. The molecule has 1 saturated heterocycles. The lowest BCUT2D eigenvalue weighted by atomic mass is 9.95. The number of H-pyrrole nitrogens is 1. The van der Waals surface area contributed by atoms with Gasteiger partial charge in [0.1, 0.15) is 0 Å². The smallest absolute Gasteiger partial charge is 0.295 e. The highest BCUT2D eigenvalue weighted by atomic mass is 35.5. The Morgan fingerprint density at radius 2 is 1.71 bits per heavy atom. The van der Waals surface area contributed by atoms with Gasteiger partial charge in [0.25, 0.3) is 5.91 Å². The predicted octanol–water partition coefficient (Wildman–Crippen LogP) is 3.89. The van der Waals surface area contributed by atoms with E-state index in [1.54, 1.807) is 42.7 Å². The van der Waals surface area contributed by atoms with Crippen LogP contribution < -0.4 is 10.1 Å². The number of likely N-dealkylation sites (tertiary alicyclic amines) is 1. The first-order valence-electron chi connectivity index (χ1n) is 9.29. The van der Waals surface area contributed by atoms with Gasteiger partial charge in [0, 0.05) is 32.3 Å². The maximum Gasteiger partial charge on any atom is 0.295 e. The molecule has 31 heavy (non-hydrogen) atoms. The van der Waals surface area contributed by atoms with Crippen molar-refractivity contribution in [3.63, 3.8) is 0 Å². The minimum Gasteiger partial charge on any atom is -0.872 e. The van der Waals surface area contributed by atoms with E-state index in [1.807, 2.05) is 6.07 Å². The molecule has 1 amide bonds. The Hall–Kier alpha value is -2.86. The molecule has 1 unspecified atom stereocenters. The number of pyridine rings is 1. The van der Waals surface area contributed by atoms with Gasteiger partial charge in [-0.05, 0) is 41.5 Å². The molecule has 1 aromatic heterocycles. The van der Waals surface area contributed by atoms with Crippen molar-refractivity contribution >= 4 is 52.3 Å². The van der Waals surface area contributed by atoms with Gasteiger partial charge in [-0.25, -0.2) is 4.98 Å². The van der Waals surface area contributed by atoms with Gasteiger partial charge in [0.05, 0.1) is 12.6 Å². The summed E-state index contributed by atoms with van der Waals surface area (Å²) in [5.74, 6) is -2.17. The van der Waals surface area contributed by atoms with Crippen LogP contribution in [0, 0.1) is 0 Å². The van der Waals surface area contributed by atoms with Crippen molar-refractivity contribution < 1.29 is 19.7 Å². The van der Waals surface area contributed by atoms with E-state index in [2.05, 4.69) is 4.98 Å². The van der Waals surface area contributed by atoms with Crippen LogP contribution in [-0.2, 0) is 16.1 Å². The number of ketones is 1. The highest BCUT2D eigenvalue weighted by Gasteiger charge is 2.45. The summed E-state index contributed by atoms with van der Waals surface area (Å²) in [7, 11) is 0. The molecule has 156 valence electrons. The molecule has 1 atom stereocenters. The van der Waals surface area contributed by atoms with Crippen molar-refractivity contribution in [3.05, 3.63) is 104 Å². The Balaban J connectivity index is 1.89. The fourth-order valence-electron chi connectivity index (χ4n) is 3.56. The highest BCUT2D eigenvalue weighted by Crippen LogP contribution is 2.42. The minimum atomic E-state index is -0.951. The molecule has 3 aromatic rings. The summed E-state index contributed by atoms with van der Waals surface area (Å²) in [5, 5.41) is 14.4. The molecule has 2 aromatic carbocycles. The third-order valence-electron chi connectivity index (χ3n) is 5.02. The largest absolute Gasteiger partial charge is 0.872 e. The fraction of sp³-hybridized carbons (Fsp3) is 0.0870. The van der Waals surface area contributed by atoms with Crippen molar-refractivity contribution in [1.82, 2.24) is 4.90 Å². The maximum atomic E-state index is 13.3. The summed E-state index contributed by atoms with van der Waals surface area (Å²) >= 11 is 18.4. The number of nitrogens with one attached hydrogen (secondary N) is 1. The molecule has 0 radical (unpaired) electrons. The molecule has 8 heteroatoms. The Morgan fingerprint density at radius 1 is 1.00 bits per heavy atom. The minimum absolute atomic E-state index is 0.114. The van der Waals surface area contributed by atoms with Crippen LogP contribution in [0.3, 0.4) is 0 Å². The summed E-state index contributed by atoms with van der Waals surface area (Å²) < 4.78 is 0. The van der Waals surface area contributed by atoms with Gasteiger partial charge in [-0.3, -0.25) is 9.59 Å². The van der Waals surface area contributed by atoms with Crippen LogP contribution in [0.2, 0.25) is 15.1 Å². The number of aromatic nitrogens is 1. The first kappa shape index (κ1) is 21.4. The third kappa shape index (κ3) is 4.17. The van der Waals surface area contributed by atoms with Gasteiger partial charge in [-0.15, -0.1) is 0 Å². The number of amides is 1. The fourth-order valence-corrected chi connectivity index (χ4v) is 4.20. The zero-order valence-electron chi connectivity index (χ0n) is 15.9. The van der Waals surface area contributed by atoms with Crippen LogP contribution in [0.5, 0.6) is 0 Å².